The van der Waals surface area contributed by atoms with Crippen molar-refractivity contribution in [2.75, 3.05) is 26.7 Å². The number of aryl methyl sites for hydroxylation is 1. The summed E-state index contributed by atoms with van der Waals surface area (Å²) < 4.78 is 34.1. The number of alkyl halides is 1. The van der Waals surface area contributed by atoms with Crippen LogP contribution in [0.3, 0.4) is 0 Å². The Balaban J connectivity index is 1.65. The molecule has 2 aromatic carbocycles. The third-order valence-electron chi connectivity index (χ3n) is 5.99. The maximum Gasteiger partial charge on any atom is 0.133 e. The number of piperidine rings is 1. The topological polar surface area (TPSA) is 15.7 Å². The van der Waals surface area contributed by atoms with Gasteiger partial charge in [0.1, 0.15) is 17.7 Å². The highest BCUT2D eigenvalue weighted by Gasteiger charge is 2.32. The molecule has 1 heterocycles. The van der Waals surface area contributed by atoms with Crippen molar-refractivity contribution in [3.05, 3.63) is 77.8 Å². The number of allylic oxidation sites excluding steroid dienone is 1. The van der Waals surface area contributed by atoms with Crippen molar-refractivity contribution in [3.63, 3.8) is 0 Å². The van der Waals surface area contributed by atoms with Crippen LogP contribution in [0.2, 0.25) is 0 Å². The third kappa shape index (κ3) is 7.06. The summed E-state index contributed by atoms with van der Waals surface area (Å²) in [4.78, 5) is 4.13. The molecule has 0 bridgehead atoms. The number of likely N-dealkylation sites (tertiary alicyclic amines) is 1. The van der Waals surface area contributed by atoms with Crippen molar-refractivity contribution < 1.29 is 13.5 Å². The highest BCUT2D eigenvalue weighted by Crippen LogP contribution is 2.27. The Morgan fingerprint density at radius 1 is 1.12 bits per heavy atom. The van der Waals surface area contributed by atoms with Gasteiger partial charge in [-0.2, -0.15) is 0 Å². The zero-order chi connectivity index (χ0) is 23.1. The minimum atomic E-state index is -0.941. The molecule has 2 atom stereocenters. The first kappa shape index (κ1) is 24.2. The van der Waals surface area contributed by atoms with E-state index in [0.717, 1.165) is 42.8 Å². The van der Waals surface area contributed by atoms with Crippen LogP contribution in [0, 0.1) is 11.7 Å². The minimum absolute atomic E-state index is 0.212. The van der Waals surface area contributed by atoms with Gasteiger partial charge < -0.3 is 14.5 Å². The van der Waals surface area contributed by atoms with E-state index in [2.05, 4.69) is 37.5 Å². The molecule has 0 spiro atoms. The van der Waals surface area contributed by atoms with Crippen LogP contribution in [0.5, 0.6) is 5.75 Å². The molecule has 0 radical (unpaired) electrons. The molecule has 1 aliphatic heterocycles. The Morgan fingerprint density at radius 2 is 1.78 bits per heavy atom. The second kappa shape index (κ2) is 11.5. The third-order valence-corrected chi connectivity index (χ3v) is 5.99. The molecule has 0 saturated carbocycles. The summed E-state index contributed by atoms with van der Waals surface area (Å²) in [6.07, 6.45) is 1.38. The maximum absolute atomic E-state index is 15.0. The highest BCUT2D eigenvalue weighted by molar-refractivity contribution is 5.28. The van der Waals surface area contributed by atoms with Gasteiger partial charge in [-0.05, 0) is 67.6 Å². The zero-order valence-electron chi connectivity index (χ0n) is 19.6. The molecule has 1 saturated heterocycles. The lowest BCUT2D eigenvalue weighted by Crippen LogP contribution is -2.50. The smallest absolute Gasteiger partial charge is 0.133 e. The largest absolute Gasteiger partial charge is 0.493 e. The van der Waals surface area contributed by atoms with Crippen molar-refractivity contribution in [2.24, 2.45) is 5.92 Å². The minimum Gasteiger partial charge on any atom is -0.493 e. The van der Waals surface area contributed by atoms with Crippen molar-refractivity contribution in [1.82, 2.24) is 9.80 Å². The Labute approximate surface area is 191 Å². The molecule has 5 heteroatoms. The van der Waals surface area contributed by atoms with Crippen LogP contribution in [-0.4, -0.2) is 48.8 Å². The summed E-state index contributed by atoms with van der Waals surface area (Å²) in [5.41, 5.74) is 3.09. The summed E-state index contributed by atoms with van der Waals surface area (Å²) >= 11 is 0. The van der Waals surface area contributed by atoms with Gasteiger partial charge >= 0.3 is 0 Å². The first-order valence-electron chi connectivity index (χ1n) is 11.5. The van der Waals surface area contributed by atoms with Crippen LogP contribution < -0.4 is 4.74 Å². The number of hydrogen-bond donors (Lipinski definition) is 0. The summed E-state index contributed by atoms with van der Waals surface area (Å²) in [6, 6.07) is 14.4. The van der Waals surface area contributed by atoms with Gasteiger partial charge in [-0.3, -0.25) is 0 Å². The molecule has 1 fully saturated rings. The van der Waals surface area contributed by atoms with Crippen molar-refractivity contribution in [3.8, 4) is 5.75 Å². The fraction of sp³-hybridized carbons (Fsp3) is 0.481. The number of benzene rings is 2. The SMILES string of the molecule is C=C(CCc1ccc(OCC(C)C)cc1)N(Cc1ccc(F)cc1)[C@@H]1CCN(C)C[C@@H]1F. The summed E-state index contributed by atoms with van der Waals surface area (Å²) in [5.74, 6) is 1.11. The predicted octanol–water partition coefficient (Wildman–Crippen LogP) is 5.85. The van der Waals surface area contributed by atoms with E-state index in [-0.39, 0.29) is 11.9 Å². The Morgan fingerprint density at radius 3 is 2.41 bits per heavy atom. The van der Waals surface area contributed by atoms with E-state index in [1.807, 2.05) is 24.1 Å². The van der Waals surface area contributed by atoms with Gasteiger partial charge in [0, 0.05) is 25.3 Å². The first-order valence-corrected chi connectivity index (χ1v) is 11.5. The van der Waals surface area contributed by atoms with Crippen LogP contribution in [0.15, 0.2) is 60.8 Å². The second-order valence-corrected chi connectivity index (χ2v) is 9.30. The number of halogens is 2. The van der Waals surface area contributed by atoms with Crippen LogP contribution >= 0.6 is 0 Å². The normalized spacial score (nSPS) is 19.2. The van der Waals surface area contributed by atoms with E-state index in [9.17, 15) is 4.39 Å². The lowest BCUT2D eigenvalue weighted by molar-refractivity contribution is 0.0565. The lowest BCUT2D eigenvalue weighted by atomic mass is 9.98. The predicted molar refractivity (Wildman–Crippen MR) is 127 cm³/mol. The molecule has 3 nitrogen and oxygen atoms in total. The van der Waals surface area contributed by atoms with Gasteiger partial charge in [0.25, 0.3) is 0 Å². The average molecular weight is 443 g/mol. The molecule has 0 aliphatic carbocycles. The van der Waals surface area contributed by atoms with E-state index in [1.165, 1.54) is 17.7 Å². The van der Waals surface area contributed by atoms with Gasteiger partial charge in [0.15, 0.2) is 0 Å². The van der Waals surface area contributed by atoms with Crippen LogP contribution in [-0.2, 0) is 13.0 Å². The number of ether oxygens (including phenoxy) is 1. The molecule has 174 valence electrons. The van der Waals surface area contributed by atoms with Gasteiger partial charge in [-0.25, -0.2) is 8.78 Å². The molecule has 1 aliphatic rings. The highest BCUT2D eigenvalue weighted by atomic mass is 19.1. The summed E-state index contributed by atoms with van der Waals surface area (Å²) in [7, 11) is 1.95. The van der Waals surface area contributed by atoms with Crippen LogP contribution in [0.1, 0.15) is 37.8 Å². The van der Waals surface area contributed by atoms with Crippen LogP contribution in [0.4, 0.5) is 8.78 Å². The van der Waals surface area contributed by atoms with Gasteiger partial charge in [-0.15, -0.1) is 0 Å². The molecule has 0 unspecified atom stereocenters. The number of hydrogen-bond acceptors (Lipinski definition) is 3. The molecule has 0 N–H and O–H groups in total. The first-order chi connectivity index (χ1) is 15.3. The van der Waals surface area contributed by atoms with E-state index in [0.29, 0.717) is 25.6 Å². The van der Waals surface area contributed by atoms with E-state index in [4.69, 9.17) is 4.74 Å². The van der Waals surface area contributed by atoms with Crippen LogP contribution in [0.25, 0.3) is 0 Å². The molecule has 0 aromatic heterocycles. The van der Waals surface area contributed by atoms with E-state index >= 15 is 4.39 Å². The van der Waals surface area contributed by atoms with Crippen molar-refractivity contribution in [2.45, 2.75) is 51.9 Å². The van der Waals surface area contributed by atoms with E-state index < -0.39 is 6.17 Å². The Kier molecular flexibility index (Phi) is 8.68. The Bertz CT molecular complexity index is 851. The number of rotatable bonds is 10. The zero-order valence-corrected chi connectivity index (χ0v) is 19.6. The van der Waals surface area contributed by atoms with Crippen molar-refractivity contribution >= 4 is 0 Å². The second-order valence-electron chi connectivity index (χ2n) is 9.30. The maximum atomic E-state index is 15.0. The molecule has 32 heavy (non-hydrogen) atoms. The molecule has 0 amide bonds. The van der Waals surface area contributed by atoms with Crippen molar-refractivity contribution in [1.29, 1.82) is 0 Å². The Hall–Kier alpha value is -2.40. The van der Waals surface area contributed by atoms with E-state index in [1.54, 1.807) is 12.1 Å². The fourth-order valence-electron chi connectivity index (χ4n) is 4.09. The molecular weight excluding hydrogens is 406 g/mol. The van der Waals surface area contributed by atoms with Gasteiger partial charge in [0.2, 0.25) is 0 Å². The van der Waals surface area contributed by atoms with Gasteiger partial charge in [-0.1, -0.05) is 44.7 Å². The summed E-state index contributed by atoms with van der Waals surface area (Å²) in [6.45, 7) is 11.1. The fourth-order valence-corrected chi connectivity index (χ4v) is 4.09. The lowest BCUT2D eigenvalue weighted by Gasteiger charge is -2.42. The van der Waals surface area contributed by atoms with Gasteiger partial charge in [0.05, 0.1) is 12.6 Å². The summed E-state index contributed by atoms with van der Waals surface area (Å²) in [5, 5.41) is 0. The number of nitrogens with zero attached hydrogens (tertiary/aromatic N) is 2. The molecule has 3 rings (SSSR count). The molecule has 2 aromatic rings. The quantitative estimate of drug-likeness (QED) is 0.459. The average Bonchev–Trinajstić information content (AvgIpc) is 2.77. The standard InChI is InChI=1S/C27H36F2N2O/c1-20(2)19-32-25-13-9-22(10-14-25)6-5-21(3)31(17-23-7-11-24(28)12-8-23)27-15-16-30(4)18-26(27)29/h7-14,20,26-27H,3,5-6,15-19H2,1-2,4H3/t26-,27+/m0/s1. The molecular formula is C27H36F2N2O. The monoisotopic (exact) mass is 442 g/mol.